The first kappa shape index (κ1) is 11.4. The quantitative estimate of drug-likeness (QED) is 0.772. The number of aromatic nitrogens is 2. The summed E-state index contributed by atoms with van der Waals surface area (Å²) in [4.78, 5) is 1.92. The summed E-state index contributed by atoms with van der Waals surface area (Å²) in [6, 6.07) is 2.61. The lowest BCUT2D eigenvalue weighted by atomic mass is 10.3. The molecule has 16 heavy (non-hydrogen) atoms. The van der Waals surface area contributed by atoms with Crippen LogP contribution in [-0.4, -0.2) is 23.1 Å². The Morgan fingerprint density at radius 2 is 2.38 bits per heavy atom. The first-order chi connectivity index (χ1) is 7.79. The lowest BCUT2D eigenvalue weighted by Crippen LogP contribution is -2.16. The van der Waals surface area contributed by atoms with Gasteiger partial charge in [-0.3, -0.25) is 0 Å². The van der Waals surface area contributed by atoms with E-state index in [0.29, 0.717) is 24.2 Å². The molecule has 0 aliphatic rings. The van der Waals surface area contributed by atoms with Crippen molar-refractivity contribution in [2.75, 3.05) is 17.8 Å². The first-order valence-corrected chi connectivity index (χ1v) is 6.38. The Hall–Kier alpha value is -1.07. The molecule has 0 saturated carbocycles. The van der Waals surface area contributed by atoms with Crippen LogP contribution < -0.4 is 4.90 Å². The van der Waals surface area contributed by atoms with Gasteiger partial charge in [-0.05, 0) is 22.4 Å². The van der Waals surface area contributed by atoms with E-state index in [-0.39, 0.29) is 0 Å². The maximum absolute atomic E-state index is 5.60. The molecule has 0 saturated heterocycles. The number of alkyl halides is 1. The van der Waals surface area contributed by atoms with Crippen molar-refractivity contribution in [3.63, 3.8) is 0 Å². The topological polar surface area (TPSA) is 42.2 Å². The number of hydrogen-bond donors (Lipinski definition) is 0. The zero-order chi connectivity index (χ0) is 11.4. The van der Waals surface area contributed by atoms with Crippen LogP contribution in [0.2, 0.25) is 0 Å². The summed E-state index contributed by atoms with van der Waals surface area (Å²) < 4.78 is 5.46. The summed E-state index contributed by atoms with van der Waals surface area (Å²) in [7, 11) is 1.93. The Bertz CT molecular complexity index is 429. The molecule has 6 heteroatoms. The maximum Gasteiger partial charge on any atom is 0.318 e. The third kappa shape index (κ3) is 2.74. The summed E-state index contributed by atoms with van der Waals surface area (Å²) in [6.07, 6.45) is 0.612. The molecule has 0 atom stereocenters. The van der Waals surface area contributed by atoms with Gasteiger partial charge >= 0.3 is 6.01 Å². The van der Waals surface area contributed by atoms with Crippen molar-refractivity contribution in [1.29, 1.82) is 0 Å². The molecule has 0 aliphatic heterocycles. The molecule has 4 nitrogen and oxygen atoms in total. The minimum Gasteiger partial charge on any atom is -0.408 e. The van der Waals surface area contributed by atoms with E-state index in [1.807, 2.05) is 11.9 Å². The molecule has 0 radical (unpaired) electrons. The van der Waals surface area contributed by atoms with Crippen LogP contribution in [0.3, 0.4) is 0 Å². The van der Waals surface area contributed by atoms with Gasteiger partial charge in [0.25, 0.3) is 0 Å². The molecular formula is C10H12ClN3OS. The van der Waals surface area contributed by atoms with E-state index in [1.165, 1.54) is 5.56 Å². The average Bonchev–Trinajstić information content (AvgIpc) is 2.89. The predicted molar refractivity (Wildman–Crippen MR) is 65.1 cm³/mol. The number of halogens is 1. The van der Waals surface area contributed by atoms with Crippen molar-refractivity contribution in [3.8, 4) is 0 Å². The summed E-state index contributed by atoms with van der Waals surface area (Å²) in [5.74, 6) is 1.08. The highest BCUT2D eigenvalue weighted by molar-refractivity contribution is 7.07. The number of anilines is 1. The highest BCUT2D eigenvalue weighted by Gasteiger charge is 2.10. The number of aryl methyl sites for hydroxylation is 1. The highest BCUT2D eigenvalue weighted by Crippen LogP contribution is 2.15. The molecule has 2 aromatic rings. The van der Waals surface area contributed by atoms with Crippen molar-refractivity contribution in [1.82, 2.24) is 10.2 Å². The van der Waals surface area contributed by atoms with Gasteiger partial charge in [-0.1, -0.05) is 5.10 Å². The fourth-order valence-electron chi connectivity index (χ4n) is 1.30. The Labute approximate surface area is 103 Å². The van der Waals surface area contributed by atoms with E-state index in [2.05, 4.69) is 27.0 Å². The van der Waals surface area contributed by atoms with Crippen molar-refractivity contribution >= 4 is 29.0 Å². The fourth-order valence-corrected chi connectivity index (χ4v) is 2.13. The molecule has 0 aromatic carbocycles. The SMILES string of the molecule is CN(Cc1ccsc1)c1nnc(CCCl)o1. The van der Waals surface area contributed by atoms with Crippen molar-refractivity contribution < 1.29 is 4.42 Å². The van der Waals surface area contributed by atoms with E-state index in [0.717, 1.165) is 6.54 Å². The van der Waals surface area contributed by atoms with E-state index in [4.69, 9.17) is 16.0 Å². The fraction of sp³-hybridized carbons (Fsp3) is 0.400. The molecule has 0 fully saturated rings. The van der Waals surface area contributed by atoms with Gasteiger partial charge in [0, 0.05) is 25.9 Å². The van der Waals surface area contributed by atoms with Crippen LogP contribution in [0.15, 0.2) is 21.2 Å². The third-order valence-electron chi connectivity index (χ3n) is 2.09. The maximum atomic E-state index is 5.60. The molecule has 0 amide bonds. The highest BCUT2D eigenvalue weighted by atomic mass is 35.5. The number of hydrogen-bond acceptors (Lipinski definition) is 5. The molecule has 2 aromatic heterocycles. The summed E-state index contributed by atoms with van der Waals surface area (Å²) in [5, 5.41) is 12.0. The molecular weight excluding hydrogens is 246 g/mol. The third-order valence-corrected chi connectivity index (χ3v) is 3.01. The van der Waals surface area contributed by atoms with Crippen molar-refractivity contribution in [2.24, 2.45) is 0 Å². The van der Waals surface area contributed by atoms with Gasteiger partial charge in [0.15, 0.2) is 0 Å². The van der Waals surface area contributed by atoms with E-state index in [1.54, 1.807) is 11.3 Å². The minimum atomic E-state index is 0.496. The predicted octanol–water partition coefficient (Wildman–Crippen LogP) is 2.55. The largest absolute Gasteiger partial charge is 0.408 e. The Morgan fingerprint density at radius 3 is 3.06 bits per heavy atom. The molecule has 0 spiro atoms. The second-order valence-corrected chi connectivity index (χ2v) is 4.56. The van der Waals surface area contributed by atoms with E-state index in [9.17, 15) is 0 Å². The van der Waals surface area contributed by atoms with Crippen LogP contribution in [0.25, 0.3) is 0 Å². The second kappa shape index (κ2) is 5.32. The zero-order valence-corrected chi connectivity index (χ0v) is 10.5. The Kier molecular flexibility index (Phi) is 3.79. The molecule has 0 N–H and O–H groups in total. The summed E-state index contributed by atoms with van der Waals surface area (Å²) in [6.45, 7) is 0.770. The first-order valence-electron chi connectivity index (χ1n) is 4.90. The van der Waals surface area contributed by atoms with E-state index >= 15 is 0 Å². The molecule has 2 rings (SSSR count). The van der Waals surface area contributed by atoms with Gasteiger partial charge in [-0.2, -0.15) is 11.3 Å². The summed E-state index contributed by atoms with van der Waals surface area (Å²) in [5.41, 5.74) is 1.24. The van der Waals surface area contributed by atoms with Gasteiger partial charge < -0.3 is 9.32 Å². The van der Waals surface area contributed by atoms with Crippen molar-refractivity contribution in [3.05, 3.63) is 28.3 Å². The number of thiophene rings is 1. The van der Waals surface area contributed by atoms with Crippen LogP contribution in [-0.2, 0) is 13.0 Å². The van der Waals surface area contributed by atoms with Crippen LogP contribution in [0.5, 0.6) is 0 Å². The Balaban J connectivity index is 2.00. The van der Waals surface area contributed by atoms with Gasteiger partial charge in [-0.15, -0.1) is 16.7 Å². The lowest BCUT2D eigenvalue weighted by molar-refractivity contribution is 0.495. The molecule has 86 valence electrons. The average molecular weight is 258 g/mol. The zero-order valence-electron chi connectivity index (χ0n) is 8.89. The minimum absolute atomic E-state index is 0.496. The van der Waals surface area contributed by atoms with Crippen LogP contribution in [0.4, 0.5) is 6.01 Å². The van der Waals surface area contributed by atoms with Gasteiger partial charge in [0.05, 0.1) is 0 Å². The lowest BCUT2D eigenvalue weighted by Gasteiger charge is -2.12. The van der Waals surface area contributed by atoms with Crippen molar-refractivity contribution in [2.45, 2.75) is 13.0 Å². The molecule has 2 heterocycles. The van der Waals surface area contributed by atoms with Gasteiger partial charge in [0.1, 0.15) is 0 Å². The van der Waals surface area contributed by atoms with Crippen LogP contribution >= 0.6 is 22.9 Å². The van der Waals surface area contributed by atoms with Gasteiger partial charge in [0.2, 0.25) is 5.89 Å². The van der Waals surface area contributed by atoms with Gasteiger partial charge in [-0.25, -0.2) is 0 Å². The number of rotatable bonds is 5. The smallest absolute Gasteiger partial charge is 0.318 e. The van der Waals surface area contributed by atoms with E-state index < -0.39 is 0 Å². The molecule has 0 unspecified atom stereocenters. The molecule has 0 aliphatic carbocycles. The number of nitrogens with zero attached hydrogens (tertiary/aromatic N) is 3. The normalized spacial score (nSPS) is 10.6. The van der Waals surface area contributed by atoms with Crippen LogP contribution in [0, 0.1) is 0 Å². The summed E-state index contributed by atoms with van der Waals surface area (Å²) >= 11 is 7.28. The monoisotopic (exact) mass is 257 g/mol. The van der Waals surface area contributed by atoms with Crippen LogP contribution in [0.1, 0.15) is 11.5 Å². The second-order valence-electron chi connectivity index (χ2n) is 3.41. The molecule has 0 bridgehead atoms. The standard InChI is InChI=1S/C10H12ClN3OS/c1-14(6-8-3-5-16-7-8)10-13-12-9(15-10)2-4-11/h3,5,7H,2,4,6H2,1H3. The Morgan fingerprint density at radius 1 is 1.50 bits per heavy atom.